The molecule has 0 spiro atoms. The monoisotopic (exact) mass is 537 g/mol. The molecule has 0 saturated carbocycles. The first kappa shape index (κ1) is 26.4. The van der Waals surface area contributed by atoms with E-state index in [1.165, 1.54) is 9.47 Å². The Bertz CT molecular complexity index is 1370. The van der Waals surface area contributed by atoms with Gasteiger partial charge in [-0.1, -0.05) is 42.2 Å². The fourth-order valence-corrected chi connectivity index (χ4v) is 5.91. The van der Waals surface area contributed by atoms with Crippen LogP contribution in [0.3, 0.4) is 0 Å². The van der Waals surface area contributed by atoms with E-state index in [2.05, 4.69) is 21.9 Å². The maximum absolute atomic E-state index is 13.1. The number of carboxylic acid groups (broad SMARTS) is 1. The molecule has 0 unspecified atom stereocenters. The Morgan fingerprint density at radius 1 is 1.16 bits per heavy atom. The van der Waals surface area contributed by atoms with Crippen molar-refractivity contribution in [3.05, 3.63) is 62.3 Å². The molecular weight excluding hydrogens is 510 g/mol. The number of rotatable bonds is 7. The summed E-state index contributed by atoms with van der Waals surface area (Å²) in [5.74, 6) is -0.569. The highest BCUT2D eigenvalue weighted by Crippen LogP contribution is 2.36. The van der Waals surface area contributed by atoms with E-state index in [-0.39, 0.29) is 30.0 Å². The number of thioether (sulfide) groups is 1. The molecule has 3 heterocycles. The molecule has 37 heavy (non-hydrogen) atoms. The number of anilines is 2. The van der Waals surface area contributed by atoms with Gasteiger partial charge in [-0.3, -0.25) is 23.9 Å². The van der Waals surface area contributed by atoms with Gasteiger partial charge >= 0.3 is 5.97 Å². The highest BCUT2D eigenvalue weighted by Gasteiger charge is 2.33. The molecule has 2 saturated heterocycles. The molecule has 1 aromatic heterocycles. The molecule has 0 aliphatic carbocycles. The molecule has 2 fully saturated rings. The molecule has 0 atom stereocenters. The quantitative estimate of drug-likeness (QED) is 0.421. The predicted molar refractivity (Wildman–Crippen MR) is 149 cm³/mol. The Labute approximate surface area is 224 Å². The highest BCUT2D eigenvalue weighted by atomic mass is 32.2. The zero-order chi connectivity index (χ0) is 26.7. The Hall–Kier alpha value is -3.62. The lowest BCUT2D eigenvalue weighted by atomic mass is 10.0. The van der Waals surface area contributed by atoms with Crippen LogP contribution in [0.5, 0.6) is 0 Å². The number of aliphatic carboxylic acids is 1. The van der Waals surface area contributed by atoms with Crippen LogP contribution in [0.1, 0.15) is 29.5 Å². The number of carboxylic acids is 1. The number of pyridine rings is 1. The fraction of sp³-hybridized carbons (Fsp3) is 0.346. The molecule has 0 radical (unpaired) electrons. The van der Waals surface area contributed by atoms with Crippen molar-refractivity contribution in [2.45, 2.75) is 19.8 Å². The number of thiocarbonyl (C=S) groups is 1. The summed E-state index contributed by atoms with van der Waals surface area (Å²) in [5.41, 5.74) is 1.95. The van der Waals surface area contributed by atoms with Gasteiger partial charge in [0.2, 0.25) is 0 Å². The third-order valence-corrected chi connectivity index (χ3v) is 7.97. The van der Waals surface area contributed by atoms with Crippen molar-refractivity contribution >= 4 is 57.8 Å². The highest BCUT2D eigenvalue weighted by molar-refractivity contribution is 8.26. The molecule has 11 heteroatoms. The average Bonchev–Trinajstić information content (AvgIpc) is 3.15. The van der Waals surface area contributed by atoms with E-state index < -0.39 is 5.97 Å². The topological polar surface area (TPSA) is 110 Å². The van der Waals surface area contributed by atoms with Crippen molar-refractivity contribution in [1.82, 2.24) is 9.47 Å². The molecule has 1 amide bonds. The third-order valence-electron chi connectivity index (χ3n) is 6.59. The second-order valence-corrected chi connectivity index (χ2v) is 10.5. The minimum Gasteiger partial charge on any atom is -0.481 e. The van der Waals surface area contributed by atoms with E-state index in [9.17, 15) is 19.6 Å². The van der Waals surface area contributed by atoms with Gasteiger partial charge in [0.15, 0.2) is 0 Å². The van der Waals surface area contributed by atoms with E-state index in [1.54, 1.807) is 20.0 Å². The summed E-state index contributed by atoms with van der Waals surface area (Å²) in [6, 6.07) is 12.2. The summed E-state index contributed by atoms with van der Waals surface area (Å²) >= 11 is 6.54. The van der Waals surface area contributed by atoms with E-state index in [4.69, 9.17) is 17.3 Å². The van der Waals surface area contributed by atoms with Crippen LogP contribution in [-0.4, -0.2) is 63.5 Å². The molecule has 9 nitrogen and oxygen atoms in total. The van der Waals surface area contributed by atoms with Crippen molar-refractivity contribution < 1.29 is 14.7 Å². The van der Waals surface area contributed by atoms with Gasteiger partial charge in [-0.05, 0) is 37.1 Å². The van der Waals surface area contributed by atoms with Gasteiger partial charge in [-0.15, -0.1) is 0 Å². The van der Waals surface area contributed by atoms with Crippen LogP contribution >= 0.6 is 24.0 Å². The minimum absolute atomic E-state index is 0.0392. The maximum atomic E-state index is 13.1. The number of carbonyl (C=O) groups is 2. The minimum atomic E-state index is -0.928. The van der Waals surface area contributed by atoms with Crippen molar-refractivity contribution in [3.63, 3.8) is 0 Å². The number of benzene rings is 1. The number of hydrogen-bond acceptors (Lipinski definition) is 8. The number of nitriles is 1. The van der Waals surface area contributed by atoms with E-state index in [0.29, 0.717) is 45.7 Å². The Morgan fingerprint density at radius 3 is 2.43 bits per heavy atom. The molecule has 0 bridgehead atoms. The second kappa shape index (κ2) is 11.2. The lowest BCUT2D eigenvalue weighted by Gasteiger charge is -2.38. The average molecular weight is 538 g/mol. The first-order chi connectivity index (χ1) is 17.7. The van der Waals surface area contributed by atoms with Gasteiger partial charge < -0.3 is 14.9 Å². The van der Waals surface area contributed by atoms with Crippen LogP contribution in [0.25, 0.3) is 6.08 Å². The van der Waals surface area contributed by atoms with Crippen LogP contribution in [0.15, 0.2) is 40.0 Å². The maximum Gasteiger partial charge on any atom is 0.303 e. The fourth-order valence-electron chi connectivity index (χ4n) is 4.62. The van der Waals surface area contributed by atoms with Crippen LogP contribution < -0.4 is 15.4 Å². The second-order valence-electron chi connectivity index (χ2n) is 8.85. The summed E-state index contributed by atoms with van der Waals surface area (Å²) in [7, 11) is 1.65. The van der Waals surface area contributed by atoms with E-state index in [0.717, 1.165) is 30.5 Å². The van der Waals surface area contributed by atoms with Crippen molar-refractivity contribution in [2.75, 3.05) is 42.5 Å². The number of piperazine rings is 1. The van der Waals surface area contributed by atoms with Gasteiger partial charge in [-0.2, -0.15) is 5.26 Å². The van der Waals surface area contributed by atoms with Gasteiger partial charge in [0.1, 0.15) is 21.8 Å². The third kappa shape index (κ3) is 5.40. The molecule has 4 rings (SSSR count). The van der Waals surface area contributed by atoms with Gasteiger partial charge in [0, 0.05) is 57.4 Å². The molecule has 2 aromatic rings. The Morgan fingerprint density at radius 2 is 1.81 bits per heavy atom. The molecular formula is C26H27N5O4S2. The molecule has 1 aromatic carbocycles. The van der Waals surface area contributed by atoms with Crippen LogP contribution in [0.4, 0.5) is 11.5 Å². The summed E-state index contributed by atoms with van der Waals surface area (Å²) in [6.45, 7) is 4.77. The van der Waals surface area contributed by atoms with E-state index >= 15 is 0 Å². The molecule has 2 aliphatic rings. The number of carbonyl (C=O) groups excluding carboxylic acids is 1. The lowest BCUT2D eigenvalue weighted by Crippen LogP contribution is -2.48. The SMILES string of the molecule is Cc1c(C=C2SC(=S)N(CCCC(=O)O)C2=O)c(N2CCN(c3ccccc3)CC2)n(C)c(=O)c1C#N. The first-order valence-electron chi connectivity index (χ1n) is 11.9. The number of hydrogen-bond donors (Lipinski definition) is 1. The van der Waals surface area contributed by atoms with E-state index in [1.807, 2.05) is 24.3 Å². The number of para-hydroxylation sites is 1. The molecule has 2 aliphatic heterocycles. The zero-order valence-electron chi connectivity index (χ0n) is 20.6. The van der Waals surface area contributed by atoms with Gasteiger partial charge in [0.05, 0.1) is 4.91 Å². The summed E-state index contributed by atoms with van der Waals surface area (Å²) in [5, 5.41) is 18.6. The van der Waals surface area contributed by atoms with Gasteiger partial charge in [0.25, 0.3) is 11.5 Å². The Balaban J connectivity index is 1.68. The van der Waals surface area contributed by atoms with Crippen molar-refractivity contribution in [2.24, 2.45) is 7.05 Å². The molecule has 192 valence electrons. The number of amides is 1. The van der Waals surface area contributed by atoms with Crippen molar-refractivity contribution in [1.29, 1.82) is 5.26 Å². The normalized spacial score (nSPS) is 17.0. The molecule has 1 N–H and O–H groups in total. The number of aromatic nitrogens is 1. The lowest BCUT2D eigenvalue weighted by molar-refractivity contribution is -0.137. The predicted octanol–water partition coefficient (Wildman–Crippen LogP) is 2.96. The van der Waals surface area contributed by atoms with Crippen LogP contribution in [-0.2, 0) is 16.6 Å². The first-order valence-corrected chi connectivity index (χ1v) is 13.1. The number of nitrogens with zero attached hydrogens (tertiary/aromatic N) is 5. The van der Waals surface area contributed by atoms with Crippen LogP contribution in [0, 0.1) is 18.3 Å². The summed E-state index contributed by atoms with van der Waals surface area (Å²) in [4.78, 5) is 43.3. The smallest absolute Gasteiger partial charge is 0.303 e. The largest absolute Gasteiger partial charge is 0.481 e. The Kier molecular flexibility index (Phi) is 8.00. The zero-order valence-corrected chi connectivity index (χ0v) is 22.3. The summed E-state index contributed by atoms with van der Waals surface area (Å²) < 4.78 is 1.85. The van der Waals surface area contributed by atoms with Gasteiger partial charge in [-0.25, -0.2) is 0 Å². The van der Waals surface area contributed by atoms with Crippen molar-refractivity contribution in [3.8, 4) is 6.07 Å². The summed E-state index contributed by atoms with van der Waals surface area (Å²) in [6.07, 6.45) is 1.95. The standard InChI is InChI=1S/C26H27N5O4S2/c1-17-19(15-21-25(35)31(26(36)37-21)10-6-9-22(32)33)23(28(2)24(34)20(17)16-27)30-13-11-29(12-14-30)18-7-4-3-5-8-18/h3-5,7-8,15H,6,9-14H2,1-2H3,(H,32,33). The van der Waals surface area contributed by atoms with Crippen LogP contribution in [0.2, 0.25) is 0 Å².